The van der Waals surface area contributed by atoms with Crippen molar-refractivity contribution in [1.82, 2.24) is 0 Å². The Bertz CT molecular complexity index is 181. The average Bonchev–Trinajstić information content (AvgIpc) is 2.10. The molecule has 0 aliphatic carbocycles. The Labute approximate surface area is 66.5 Å². The van der Waals surface area contributed by atoms with Gasteiger partial charge in [0, 0.05) is 0 Å². The zero-order valence-corrected chi connectivity index (χ0v) is 6.84. The molecule has 1 aromatic rings. The van der Waals surface area contributed by atoms with Gasteiger partial charge in [0.25, 0.3) is 0 Å². The van der Waals surface area contributed by atoms with Crippen LogP contribution in [0.3, 0.4) is 0 Å². The molecule has 0 amide bonds. The van der Waals surface area contributed by atoms with Gasteiger partial charge in [-0.25, -0.2) is 4.39 Å². The van der Waals surface area contributed by atoms with Crippen molar-refractivity contribution in [3.05, 3.63) is 35.6 Å². The van der Waals surface area contributed by atoms with Gasteiger partial charge in [-0.05, 0) is 17.7 Å². The lowest BCUT2D eigenvalue weighted by Gasteiger charge is -1.91. The Morgan fingerprint density at radius 1 is 1.18 bits per heavy atom. The van der Waals surface area contributed by atoms with E-state index in [1.807, 2.05) is 13.8 Å². The number of rotatable bonds is 1. The first-order valence-corrected chi connectivity index (χ1v) is 3.68. The molecule has 1 nitrogen and oxygen atoms in total. The molecule has 0 bridgehead atoms. The molecule has 62 valence electrons. The maximum absolute atomic E-state index is 12.1. The van der Waals surface area contributed by atoms with Gasteiger partial charge in [0.05, 0.1) is 6.61 Å². The van der Waals surface area contributed by atoms with Gasteiger partial charge in [0.15, 0.2) is 0 Å². The van der Waals surface area contributed by atoms with Gasteiger partial charge in [-0.1, -0.05) is 26.0 Å². The second-order valence-corrected chi connectivity index (χ2v) is 1.78. The monoisotopic (exact) mass is 156 g/mol. The third-order valence-electron chi connectivity index (χ3n) is 1.10. The van der Waals surface area contributed by atoms with Crippen molar-refractivity contribution in [3.63, 3.8) is 0 Å². The van der Waals surface area contributed by atoms with Crippen LogP contribution in [0, 0.1) is 5.82 Å². The fourth-order valence-corrected chi connectivity index (χ4v) is 0.590. The van der Waals surface area contributed by atoms with Crippen LogP contribution in [0.2, 0.25) is 0 Å². The van der Waals surface area contributed by atoms with Crippen molar-refractivity contribution < 1.29 is 9.50 Å². The molecule has 1 aromatic carbocycles. The molecule has 0 atom stereocenters. The van der Waals surface area contributed by atoms with Gasteiger partial charge in [-0.15, -0.1) is 0 Å². The summed E-state index contributed by atoms with van der Waals surface area (Å²) in [5.41, 5.74) is 0.733. The predicted octanol–water partition coefficient (Wildman–Crippen LogP) is 2.34. The summed E-state index contributed by atoms with van der Waals surface area (Å²) in [6.07, 6.45) is 0. The van der Waals surface area contributed by atoms with Gasteiger partial charge >= 0.3 is 0 Å². The zero-order valence-electron chi connectivity index (χ0n) is 6.84. The summed E-state index contributed by atoms with van der Waals surface area (Å²) in [4.78, 5) is 0. The molecule has 0 aliphatic rings. The minimum atomic E-state index is -0.271. The molecule has 0 spiro atoms. The molecule has 1 rings (SSSR count). The highest BCUT2D eigenvalue weighted by molar-refractivity contribution is 5.14. The van der Waals surface area contributed by atoms with Crippen molar-refractivity contribution in [2.75, 3.05) is 0 Å². The predicted molar refractivity (Wildman–Crippen MR) is 43.7 cm³/mol. The molecular weight excluding hydrogens is 143 g/mol. The highest BCUT2D eigenvalue weighted by Gasteiger charge is 1.88. The van der Waals surface area contributed by atoms with E-state index in [4.69, 9.17) is 5.11 Å². The van der Waals surface area contributed by atoms with E-state index in [0.29, 0.717) is 0 Å². The van der Waals surface area contributed by atoms with Crippen LogP contribution >= 0.6 is 0 Å². The molecule has 11 heavy (non-hydrogen) atoms. The lowest BCUT2D eigenvalue weighted by atomic mass is 10.2. The Balaban J connectivity index is 0.000000461. The molecule has 0 radical (unpaired) electrons. The van der Waals surface area contributed by atoms with E-state index in [2.05, 4.69) is 0 Å². The van der Waals surface area contributed by atoms with E-state index < -0.39 is 0 Å². The van der Waals surface area contributed by atoms with Crippen molar-refractivity contribution in [2.24, 2.45) is 0 Å². The second-order valence-electron chi connectivity index (χ2n) is 1.78. The second kappa shape index (κ2) is 5.86. The first-order valence-electron chi connectivity index (χ1n) is 3.68. The van der Waals surface area contributed by atoms with E-state index in [-0.39, 0.29) is 12.4 Å². The summed E-state index contributed by atoms with van der Waals surface area (Å²) in [5, 5.41) is 8.51. The maximum Gasteiger partial charge on any atom is 0.123 e. The first-order chi connectivity index (χ1) is 5.33. The maximum atomic E-state index is 12.1. The molecule has 2 heteroatoms. The SMILES string of the molecule is CC.OCc1ccc(F)cc1. The summed E-state index contributed by atoms with van der Waals surface area (Å²) in [6.45, 7) is 3.97. The van der Waals surface area contributed by atoms with E-state index in [0.717, 1.165) is 5.56 Å². The minimum Gasteiger partial charge on any atom is -0.392 e. The van der Waals surface area contributed by atoms with Crippen LogP contribution < -0.4 is 0 Å². The van der Waals surface area contributed by atoms with Crippen LogP contribution in [-0.2, 0) is 6.61 Å². The molecule has 0 saturated carbocycles. The largest absolute Gasteiger partial charge is 0.392 e. The minimum absolute atomic E-state index is 0.0275. The van der Waals surface area contributed by atoms with E-state index in [1.165, 1.54) is 12.1 Å². The summed E-state index contributed by atoms with van der Waals surface area (Å²) in [5.74, 6) is -0.271. The van der Waals surface area contributed by atoms with Gasteiger partial charge in [0.2, 0.25) is 0 Å². The first kappa shape index (κ1) is 10.1. The van der Waals surface area contributed by atoms with E-state index in [9.17, 15) is 4.39 Å². The van der Waals surface area contributed by atoms with Crippen LogP contribution in [-0.4, -0.2) is 5.11 Å². The van der Waals surface area contributed by atoms with Crippen LogP contribution in [0.5, 0.6) is 0 Å². The van der Waals surface area contributed by atoms with Gasteiger partial charge < -0.3 is 5.11 Å². The highest BCUT2D eigenvalue weighted by atomic mass is 19.1. The quantitative estimate of drug-likeness (QED) is 0.661. The van der Waals surface area contributed by atoms with Crippen LogP contribution in [0.4, 0.5) is 4.39 Å². The Kier molecular flexibility index (Phi) is 5.39. The lowest BCUT2D eigenvalue weighted by molar-refractivity contribution is 0.281. The van der Waals surface area contributed by atoms with Crippen molar-refractivity contribution in [2.45, 2.75) is 20.5 Å². The van der Waals surface area contributed by atoms with E-state index in [1.54, 1.807) is 12.1 Å². The summed E-state index contributed by atoms with van der Waals surface area (Å²) < 4.78 is 12.1. The number of benzene rings is 1. The van der Waals surface area contributed by atoms with Gasteiger partial charge in [0.1, 0.15) is 5.82 Å². The van der Waals surface area contributed by atoms with Crippen molar-refractivity contribution in [1.29, 1.82) is 0 Å². The van der Waals surface area contributed by atoms with Crippen LogP contribution in [0.15, 0.2) is 24.3 Å². The number of hydrogen-bond donors (Lipinski definition) is 1. The Hall–Kier alpha value is -0.890. The standard InChI is InChI=1S/C7H7FO.C2H6/c8-7-3-1-6(5-9)2-4-7;1-2/h1-4,9H,5H2;1-2H3. The molecule has 0 unspecified atom stereocenters. The summed E-state index contributed by atoms with van der Waals surface area (Å²) in [7, 11) is 0. The van der Waals surface area contributed by atoms with E-state index >= 15 is 0 Å². The fourth-order valence-electron chi connectivity index (χ4n) is 0.590. The third kappa shape index (κ3) is 3.73. The normalized spacial score (nSPS) is 8.36. The van der Waals surface area contributed by atoms with Crippen LogP contribution in [0.1, 0.15) is 19.4 Å². The van der Waals surface area contributed by atoms with Crippen molar-refractivity contribution in [3.8, 4) is 0 Å². The van der Waals surface area contributed by atoms with Gasteiger partial charge in [-0.2, -0.15) is 0 Å². The smallest absolute Gasteiger partial charge is 0.123 e. The van der Waals surface area contributed by atoms with Crippen molar-refractivity contribution >= 4 is 0 Å². The molecule has 1 N–H and O–H groups in total. The Morgan fingerprint density at radius 2 is 1.64 bits per heavy atom. The Morgan fingerprint density at radius 3 is 2.00 bits per heavy atom. The van der Waals surface area contributed by atoms with Gasteiger partial charge in [-0.3, -0.25) is 0 Å². The molecule has 0 aliphatic heterocycles. The topological polar surface area (TPSA) is 20.2 Å². The molecule has 0 fully saturated rings. The molecule has 0 aromatic heterocycles. The molecule has 0 saturated heterocycles. The zero-order chi connectivity index (χ0) is 8.69. The van der Waals surface area contributed by atoms with Crippen LogP contribution in [0.25, 0.3) is 0 Å². The summed E-state index contributed by atoms with van der Waals surface area (Å²) >= 11 is 0. The number of halogens is 1. The fraction of sp³-hybridized carbons (Fsp3) is 0.333. The molecular formula is C9H13FO. The summed E-state index contributed by atoms with van der Waals surface area (Å²) in [6, 6.07) is 5.75. The highest BCUT2D eigenvalue weighted by Crippen LogP contribution is 2.00. The number of aliphatic hydroxyl groups is 1. The average molecular weight is 156 g/mol. The number of aliphatic hydroxyl groups excluding tert-OH is 1. The molecule has 0 heterocycles. The lowest BCUT2D eigenvalue weighted by Crippen LogP contribution is -1.81. The number of hydrogen-bond acceptors (Lipinski definition) is 1. The third-order valence-corrected chi connectivity index (χ3v) is 1.10.